The molecule has 2 rings (SSSR count). The summed E-state index contributed by atoms with van der Waals surface area (Å²) in [5.41, 5.74) is 11.0. The topological polar surface area (TPSA) is 207 Å². The molecule has 2 aromatic rings. The Labute approximate surface area is 166 Å². The Morgan fingerprint density at radius 3 is 2.48 bits per heavy atom. The van der Waals surface area contributed by atoms with Gasteiger partial charge in [0.1, 0.15) is 23.2 Å². The largest absolute Gasteiger partial charge is 0.480 e. The molecule has 13 heteroatoms. The number of fused-ring (bicyclic) bond motifs is 1. The smallest absolute Gasteiger partial charge is 0.404 e. The van der Waals surface area contributed by atoms with Crippen LogP contribution in [0.3, 0.4) is 0 Å². The minimum atomic E-state index is -2.76. The number of primary amides is 2. The highest BCUT2D eigenvalue weighted by molar-refractivity contribution is 7.80. The van der Waals surface area contributed by atoms with Crippen LogP contribution in [-0.4, -0.2) is 58.7 Å². The third kappa shape index (κ3) is 4.47. The molecule has 0 spiro atoms. The number of carboxylic acids is 1. The number of nitrogens with one attached hydrogen (secondary N) is 1. The van der Waals surface area contributed by atoms with Crippen LogP contribution in [0.1, 0.15) is 22.8 Å². The first-order valence-electron chi connectivity index (χ1n) is 8.08. The van der Waals surface area contributed by atoms with Gasteiger partial charge in [-0.05, 0) is 25.1 Å². The van der Waals surface area contributed by atoms with Gasteiger partial charge in [-0.3, -0.25) is 4.79 Å². The fourth-order valence-electron chi connectivity index (χ4n) is 2.73. The van der Waals surface area contributed by atoms with E-state index in [-0.39, 0.29) is 16.9 Å². The number of nitrogens with zero attached hydrogens (tertiary/aromatic N) is 1. The molecule has 2 amide bonds. The monoisotopic (exact) mass is 428 g/mol. The second-order valence-corrected chi connectivity index (χ2v) is 7.77. The van der Waals surface area contributed by atoms with Crippen molar-refractivity contribution in [3.63, 3.8) is 0 Å². The van der Waals surface area contributed by atoms with Crippen molar-refractivity contribution in [1.29, 1.82) is 0 Å². The maximum absolute atomic E-state index is 11.9. The first-order valence-corrected chi connectivity index (χ1v) is 9.19. The molecule has 0 aromatic carbocycles. The van der Waals surface area contributed by atoms with Crippen molar-refractivity contribution in [3.8, 4) is 0 Å². The molecule has 3 atom stereocenters. The van der Waals surface area contributed by atoms with E-state index in [0.29, 0.717) is 5.52 Å². The maximum atomic E-state index is 11.9. The number of aliphatic carboxylic acids is 1. The van der Waals surface area contributed by atoms with Crippen LogP contribution in [-0.2, 0) is 27.2 Å². The lowest BCUT2D eigenvalue weighted by Crippen LogP contribution is -2.56. The van der Waals surface area contributed by atoms with E-state index in [1.54, 1.807) is 0 Å². The van der Waals surface area contributed by atoms with E-state index in [0.717, 1.165) is 6.92 Å². The Hall–Kier alpha value is -3.16. The number of aliphatic hydroxyl groups excluding tert-OH is 1. The molecule has 0 aliphatic rings. The lowest BCUT2D eigenvalue weighted by Gasteiger charge is -2.32. The summed E-state index contributed by atoms with van der Waals surface area (Å²) in [5.74, 6) is -2.10. The van der Waals surface area contributed by atoms with Crippen LogP contribution in [0.15, 0.2) is 24.4 Å². The summed E-state index contributed by atoms with van der Waals surface area (Å²) in [4.78, 5) is 34.2. The third-order valence-electron chi connectivity index (χ3n) is 4.35. The zero-order valence-corrected chi connectivity index (χ0v) is 16.0. The van der Waals surface area contributed by atoms with Gasteiger partial charge < -0.3 is 40.7 Å². The van der Waals surface area contributed by atoms with E-state index >= 15 is 0 Å². The zero-order chi connectivity index (χ0) is 21.9. The average Bonchev–Trinajstić information content (AvgIpc) is 3.00. The van der Waals surface area contributed by atoms with Gasteiger partial charge >= 0.3 is 12.1 Å². The standard InChI is InChI=1S/C16H20N4O8S/c1-16(29(26)27,7-28-15(18)25)11(14(23)24)19-13-9(6-21)5-10-4-8(12(17)22)2-3-20(10)13/h2-5,11,19,21H,6-7H2,1H3,(H2,17,22)(H2,18,25)(H,23,24)(H,26,27)/t11-,16-/m0/s1. The van der Waals surface area contributed by atoms with Crippen LogP contribution in [0.4, 0.5) is 10.6 Å². The van der Waals surface area contributed by atoms with Gasteiger partial charge in [0.25, 0.3) is 0 Å². The summed E-state index contributed by atoms with van der Waals surface area (Å²) < 4.78 is 25.6. The van der Waals surface area contributed by atoms with E-state index < -0.39 is 53.1 Å². The predicted molar refractivity (Wildman–Crippen MR) is 102 cm³/mol. The van der Waals surface area contributed by atoms with Crippen LogP contribution in [0, 0.1) is 0 Å². The van der Waals surface area contributed by atoms with Crippen molar-refractivity contribution in [2.75, 3.05) is 11.9 Å². The number of ether oxygens (including phenoxy) is 1. The molecule has 2 aromatic heterocycles. The fourth-order valence-corrected chi connectivity index (χ4v) is 3.25. The van der Waals surface area contributed by atoms with E-state index in [1.807, 2.05) is 0 Å². The summed E-state index contributed by atoms with van der Waals surface area (Å²) in [5, 5.41) is 21.9. The number of pyridine rings is 1. The molecule has 158 valence electrons. The molecule has 29 heavy (non-hydrogen) atoms. The van der Waals surface area contributed by atoms with Gasteiger partial charge in [-0.25, -0.2) is 13.8 Å². The Kier molecular flexibility index (Phi) is 6.46. The molecule has 0 saturated heterocycles. The van der Waals surface area contributed by atoms with Crippen molar-refractivity contribution in [2.24, 2.45) is 11.5 Å². The number of carbonyl (C=O) groups is 3. The van der Waals surface area contributed by atoms with Crippen LogP contribution in [0.25, 0.3) is 5.52 Å². The van der Waals surface area contributed by atoms with Crippen molar-refractivity contribution in [2.45, 2.75) is 24.3 Å². The number of carbonyl (C=O) groups excluding carboxylic acids is 2. The van der Waals surface area contributed by atoms with Crippen molar-refractivity contribution in [1.82, 2.24) is 4.40 Å². The second-order valence-electron chi connectivity index (χ2n) is 6.34. The number of rotatable bonds is 9. The number of hydrogen-bond donors (Lipinski definition) is 6. The summed E-state index contributed by atoms with van der Waals surface area (Å²) >= 11 is -2.76. The number of amides is 2. The number of aliphatic hydroxyl groups is 1. The summed E-state index contributed by atoms with van der Waals surface area (Å²) in [6, 6.07) is 2.58. The number of anilines is 1. The second kappa shape index (κ2) is 8.46. The molecule has 12 nitrogen and oxygen atoms in total. The molecule has 0 aliphatic carbocycles. The molecule has 1 unspecified atom stereocenters. The van der Waals surface area contributed by atoms with Gasteiger partial charge in [0.15, 0.2) is 11.1 Å². The predicted octanol–water partition coefficient (Wildman–Crippen LogP) is -0.529. The summed E-state index contributed by atoms with van der Waals surface area (Å²) in [6.07, 6.45) is 0.178. The first kappa shape index (κ1) is 22.1. The molecule has 8 N–H and O–H groups in total. The van der Waals surface area contributed by atoms with Gasteiger partial charge in [0.2, 0.25) is 5.91 Å². The van der Waals surface area contributed by atoms with Gasteiger partial charge in [-0.2, -0.15) is 0 Å². The maximum Gasteiger partial charge on any atom is 0.404 e. The van der Waals surface area contributed by atoms with Crippen LogP contribution in [0.5, 0.6) is 0 Å². The Morgan fingerprint density at radius 2 is 2.00 bits per heavy atom. The lowest BCUT2D eigenvalue weighted by atomic mass is 10.0. The molecule has 0 radical (unpaired) electrons. The Balaban J connectivity index is 2.55. The Bertz CT molecular complexity index is 991. The van der Waals surface area contributed by atoms with Gasteiger partial charge in [-0.15, -0.1) is 0 Å². The Morgan fingerprint density at radius 1 is 1.34 bits per heavy atom. The van der Waals surface area contributed by atoms with E-state index in [4.69, 9.17) is 11.5 Å². The number of aromatic nitrogens is 1. The number of nitrogens with two attached hydrogens (primary N) is 2. The fraction of sp³-hybridized carbons (Fsp3) is 0.312. The lowest BCUT2D eigenvalue weighted by molar-refractivity contribution is -0.139. The molecule has 0 fully saturated rings. The quantitative estimate of drug-likeness (QED) is 0.283. The summed E-state index contributed by atoms with van der Waals surface area (Å²) in [7, 11) is 0. The average molecular weight is 428 g/mol. The van der Waals surface area contributed by atoms with Gasteiger partial charge in [0, 0.05) is 22.8 Å². The van der Waals surface area contributed by atoms with Gasteiger partial charge in [-0.1, -0.05) is 0 Å². The number of carboxylic acid groups (broad SMARTS) is 1. The highest BCUT2D eigenvalue weighted by atomic mass is 32.2. The van der Waals surface area contributed by atoms with Gasteiger partial charge in [0.05, 0.1) is 6.61 Å². The molecular weight excluding hydrogens is 408 g/mol. The normalized spacial score (nSPS) is 15.3. The highest BCUT2D eigenvalue weighted by Gasteiger charge is 2.46. The van der Waals surface area contributed by atoms with Crippen molar-refractivity contribution >= 4 is 40.4 Å². The first-order chi connectivity index (χ1) is 13.5. The van der Waals surface area contributed by atoms with E-state index in [2.05, 4.69) is 10.1 Å². The van der Waals surface area contributed by atoms with Crippen molar-refractivity contribution < 1.29 is 38.1 Å². The third-order valence-corrected chi connectivity index (χ3v) is 5.50. The van der Waals surface area contributed by atoms with E-state index in [1.165, 1.54) is 28.8 Å². The van der Waals surface area contributed by atoms with Crippen LogP contribution < -0.4 is 16.8 Å². The molecular formula is C16H20N4O8S. The molecule has 0 aliphatic heterocycles. The zero-order valence-electron chi connectivity index (χ0n) is 15.2. The summed E-state index contributed by atoms with van der Waals surface area (Å²) in [6.45, 7) is -0.143. The molecule has 0 bridgehead atoms. The molecule has 2 heterocycles. The SMILES string of the molecule is C[C@](COC(N)=O)([C@@H](Nc1c(CO)cc2cc(C(N)=O)ccn12)C(=O)O)S(=O)O. The van der Waals surface area contributed by atoms with Crippen LogP contribution in [0.2, 0.25) is 0 Å². The highest BCUT2D eigenvalue weighted by Crippen LogP contribution is 2.28. The minimum absolute atomic E-state index is 0.0988. The van der Waals surface area contributed by atoms with E-state index in [9.17, 15) is 33.4 Å². The molecule has 0 saturated carbocycles. The minimum Gasteiger partial charge on any atom is -0.480 e. The number of hydrogen-bond acceptors (Lipinski definition) is 7. The van der Waals surface area contributed by atoms with Crippen LogP contribution >= 0.6 is 0 Å². The van der Waals surface area contributed by atoms with Crippen molar-refractivity contribution in [3.05, 3.63) is 35.5 Å².